The number of anilines is 2. The minimum atomic E-state index is -0.667. The molecule has 2 N–H and O–H groups in total. The zero-order valence-corrected chi connectivity index (χ0v) is 18.7. The van der Waals surface area contributed by atoms with Crippen LogP contribution in [0.15, 0.2) is 72.9 Å². The van der Waals surface area contributed by atoms with Gasteiger partial charge >= 0.3 is 6.03 Å². The van der Waals surface area contributed by atoms with Crippen molar-refractivity contribution >= 4 is 34.0 Å². The first-order valence-electron chi connectivity index (χ1n) is 10.6. The molecule has 2 amide bonds. The van der Waals surface area contributed by atoms with E-state index in [1.165, 1.54) is 18.2 Å². The van der Waals surface area contributed by atoms with Crippen molar-refractivity contribution in [1.82, 2.24) is 4.98 Å². The molecule has 3 aromatic carbocycles. The normalized spacial score (nSPS) is 10.4. The molecular formula is C26H21FN4O4. The lowest BCUT2D eigenvalue weighted by Crippen LogP contribution is -2.20. The quantitative estimate of drug-likeness (QED) is 0.229. The second kappa shape index (κ2) is 11.0. The van der Waals surface area contributed by atoms with Gasteiger partial charge in [-0.1, -0.05) is 18.2 Å². The predicted octanol–water partition coefficient (Wildman–Crippen LogP) is 6.39. The number of fused-ring (bicyclic) bond motifs is 1. The molecule has 8 nitrogen and oxygen atoms in total. The van der Waals surface area contributed by atoms with Gasteiger partial charge in [0.05, 0.1) is 24.4 Å². The third-order valence-corrected chi connectivity index (χ3v) is 4.90. The SMILES string of the molecule is [C-]#[N+]c1cc2c(Oc3ccc(NC(=O)Nc4ccccc4)c(F)c3)ccnc2cc1OCCOC. The zero-order valence-electron chi connectivity index (χ0n) is 18.7. The average molecular weight is 472 g/mol. The number of nitrogens with one attached hydrogen (secondary N) is 2. The van der Waals surface area contributed by atoms with E-state index < -0.39 is 11.8 Å². The Hall–Kier alpha value is -4.68. The maximum Gasteiger partial charge on any atom is 0.323 e. The molecule has 0 fully saturated rings. The van der Waals surface area contributed by atoms with Crippen LogP contribution in [0.2, 0.25) is 0 Å². The zero-order chi connectivity index (χ0) is 24.6. The number of hydrogen-bond acceptors (Lipinski definition) is 5. The van der Waals surface area contributed by atoms with Crippen molar-refractivity contribution in [2.24, 2.45) is 0 Å². The Morgan fingerprint density at radius 1 is 1.03 bits per heavy atom. The van der Waals surface area contributed by atoms with E-state index in [4.69, 9.17) is 20.8 Å². The Bertz CT molecular complexity index is 1390. The Morgan fingerprint density at radius 3 is 2.60 bits per heavy atom. The van der Waals surface area contributed by atoms with E-state index in [1.54, 1.807) is 55.8 Å². The summed E-state index contributed by atoms with van der Waals surface area (Å²) >= 11 is 0. The fourth-order valence-corrected chi connectivity index (χ4v) is 3.26. The predicted molar refractivity (Wildman–Crippen MR) is 131 cm³/mol. The first kappa shape index (κ1) is 23.5. The second-order valence-corrected chi connectivity index (χ2v) is 7.29. The first-order valence-corrected chi connectivity index (χ1v) is 10.6. The highest BCUT2D eigenvalue weighted by atomic mass is 19.1. The monoisotopic (exact) mass is 472 g/mol. The van der Waals surface area contributed by atoms with Gasteiger partial charge in [0.1, 0.15) is 29.7 Å². The molecule has 4 aromatic rings. The lowest BCUT2D eigenvalue weighted by atomic mass is 10.1. The fourth-order valence-electron chi connectivity index (χ4n) is 3.26. The number of pyridine rings is 1. The number of hydrogen-bond donors (Lipinski definition) is 2. The molecule has 4 rings (SSSR count). The molecular weight excluding hydrogens is 451 g/mol. The van der Waals surface area contributed by atoms with E-state index >= 15 is 0 Å². The molecule has 0 aliphatic heterocycles. The fraction of sp³-hybridized carbons (Fsp3) is 0.115. The van der Waals surface area contributed by atoms with Crippen LogP contribution < -0.4 is 20.1 Å². The average Bonchev–Trinajstić information content (AvgIpc) is 2.86. The van der Waals surface area contributed by atoms with Gasteiger partial charge in [-0.25, -0.2) is 14.0 Å². The first-order chi connectivity index (χ1) is 17.1. The third-order valence-electron chi connectivity index (χ3n) is 4.90. The Kier molecular flexibility index (Phi) is 7.35. The number of benzene rings is 3. The van der Waals surface area contributed by atoms with Crippen LogP contribution in [-0.2, 0) is 4.74 Å². The molecule has 0 bridgehead atoms. The smallest absolute Gasteiger partial charge is 0.323 e. The molecule has 0 saturated heterocycles. The van der Waals surface area contributed by atoms with Gasteiger partial charge in [0, 0.05) is 30.4 Å². The molecule has 0 aliphatic rings. The highest BCUT2D eigenvalue weighted by Crippen LogP contribution is 2.37. The number of carbonyl (C=O) groups excluding carboxylic acids is 1. The molecule has 176 valence electrons. The molecule has 1 heterocycles. The number of amides is 2. The summed E-state index contributed by atoms with van der Waals surface area (Å²) < 4.78 is 31.2. The summed E-state index contributed by atoms with van der Waals surface area (Å²) in [6, 6.07) is 17.3. The van der Waals surface area contributed by atoms with Crippen molar-refractivity contribution in [3.05, 3.63) is 90.2 Å². The summed E-state index contributed by atoms with van der Waals surface area (Å²) in [5, 5.41) is 5.67. The van der Waals surface area contributed by atoms with Gasteiger partial charge in [-0.2, -0.15) is 0 Å². The van der Waals surface area contributed by atoms with Gasteiger partial charge in [-0.15, -0.1) is 0 Å². The van der Waals surface area contributed by atoms with Crippen LogP contribution in [0.4, 0.5) is 26.2 Å². The van der Waals surface area contributed by atoms with Crippen LogP contribution in [0.1, 0.15) is 0 Å². The van der Waals surface area contributed by atoms with E-state index in [0.717, 1.165) is 0 Å². The third kappa shape index (κ3) is 5.82. The van der Waals surface area contributed by atoms with Crippen LogP contribution in [-0.4, -0.2) is 31.3 Å². The highest BCUT2D eigenvalue weighted by molar-refractivity contribution is 5.99. The largest absolute Gasteiger partial charge is 0.502 e. The van der Waals surface area contributed by atoms with Gasteiger partial charge in [0.15, 0.2) is 0 Å². The van der Waals surface area contributed by atoms with Gasteiger partial charge in [-0.3, -0.25) is 4.98 Å². The molecule has 0 unspecified atom stereocenters. The maximum atomic E-state index is 14.7. The number of carbonyl (C=O) groups is 1. The maximum absolute atomic E-state index is 14.7. The number of ether oxygens (including phenoxy) is 3. The summed E-state index contributed by atoms with van der Waals surface area (Å²) in [5.41, 5.74) is 1.43. The van der Waals surface area contributed by atoms with Gasteiger partial charge < -0.3 is 24.8 Å². The number of urea groups is 1. The van der Waals surface area contributed by atoms with Crippen molar-refractivity contribution in [2.45, 2.75) is 0 Å². The van der Waals surface area contributed by atoms with E-state index in [1.807, 2.05) is 6.07 Å². The number of nitrogens with zero attached hydrogens (tertiary/aromatic N) is 2. The summed E-state index contributed by atoms with van der Waals surface area (Å²) in [6.07, 6.45) is 1.55. The van der Waals surface area contributed by atoms with Gasteiger partial charge in [0.25, 0.3) is 0 Å². The Morgan fingerprint density at radius 2 is 1.86 bits per heavy atom. The molecule has 0 aliphatic carbocycles. The molecule has 0 atom stereocenters. The van der Waals surface area contributed by atoms with Crippen molar-refractivity contribution in [1.29, 1.82) is 0 Å². The highest BCUT2D eigenvalue weighted by Gasteiger charge is 2.13. The number of methoxy groups -OCH3 is 1. The molecule has 0 spiro atoms. The molecule has 35 heavy (non-hydrogen) atoms. The number of rotatable bonds is 8. The Labute approximate surface area is 201 Å². The van der Waals surface area contributed by atoms with E-state index in [9.17, 15) is 9.18 Å². The van der Waals surface area contributed by atoms with Gasteiger partial charge in [-0.05, 0) is 42.5 Å². The Balaban J connectivity index is 1.52. The second-order valence-electron chi connectivity index (χ2n) is 7.29. The molecule has 1 aromatic heterocycles. The van der Waals surface area contributed by atoms with Crippen molar-refractivity contribution in [3.8, 4) is 17.2 Å². The molecule has 0 radical (unpaired) electrons. The number of para-hydroxylation sites is 1. The van der Waals surface area contributed by atoms with Crippen molar-refractivity contribution in [2.75, 3.05) is 31.0 Å². The van der Waals surface area contributed by atoms with Gasteiger partial charge in [0.2, 0.25) is 5.69 Å². The topological polar surface area (TPSA) is 86.1 Å². The van der Waals surface area contributed by atoms with Crippen LogP contribution >= 0.6 is 0 Å². The lowest BCUT2D eigenvalue weighted by Gasteiger charge is -2.13. The summed E-state index contributed by atoms with van der Waals surface area (Å²) in [7, 11) is 1.57. The minimum Gasteiger partial charge on any atom is -0.502 e. The van der Waals surface area contributed by atoms with E-state index in [-0.39, 0.29) is 11.4 Å². The van der Waals surface area contributed by atoms with Crippen LogP contribution in [0, 0.1) is 12.4 Å². The standard InChI is InChI=1S/C26H21FN4O4/c1-28-23-15-19-22(16-25(23)34-13-12-33-2)29-11-10-24(19)35-18-8-9-21(20(27)14-18)31-26(32)30-17-6-4-3-5-7-17/h3-11,14-16H,12-13H2,2H3,(H2,30,31,32). The van der Waals surface area contributed by atoms with Crippen LogP contribution in [0.5, 0.6) is 17.2 Å². The number of aromatic nitrogens is 1. The van der Waals surface area contributed by atoms with Crippen LogP contribution in [0.25, 0.3) is 15.7 Å². The summed E-state index contributed by atoms with van der Waals surface area (Å²) in [5.74, 6) is 0.336. The van der Waals surface area contributed by atoms with E-state index in [0.29, 0.717) is 47.0 Å². The molecule has 0 saturated carbocycles. The van der Waals surface area contributed by atoms with E-state index in [2.05, 4.69) is 20.5 Å². The molecule has 9 heteroatoms. The summed E-state index contributed by atoms with van der Waals surface area (Å²) in [4.78, 5) is 20.0. The number of halogens is 1. The summed E-state index contributed by atoms with van der Waals surface area (Å²) in [6.45, 7) is 8.15. The van der Waals surface area contributed by atoms with Crippen LogP contribution in [0.3, 0.4) is 0 Å². The minimum absolute atomic E-state index is 0.00138. The van der Waals surface area contributed by atoms with Crippen molar-refractivity contribution < 1.29 is 23.4 Å². The lowest BCUT2D eigenvalue weighted by molar-refractivity contribution is 0.147. The van der Waals surface area contributed by atoms with Crippen molar-refractivity contribution in [3.63, 3.8) is 0 Å².